The van der Waals surface area contributed by atoms with E-state index in [4.69, 9.17) is 10.7 Å². The molecule has 226 valence electrons. The van der Waals surface area contributed by atoms with E-state index in [1.165, 1.54) is 0 Å². The first-order valence-electron chi connectivity index (χ1n) is 14.3. The Labute approximate surface area is 251 Å². The average Bonchev–Trinajstić information content (AvgIpc) is 3.69. The second-order valence-corrected chi connectivity index (χ2v) is 11.3. The number of rotatable bonds is 6. The number of alkyl halides is 3. The van der Waals surface area contributed by atoms with Crippen molar-refractivity contribution < 1.29 is 22.8 Å². The fraction of sp³-hybridized carbons (Fsp3) is 0.344. The first-order valence-corrected chi connectivity index (χ1v) is 14.3. The van der Waals surface area contributed by atoms with Crippen LogP contribution >= 0.6 is 0 Å². The summed E-state index contributed by atoms with van der Waals surface area (Å²) in [5, 5.41) is 0. The predicted molar refractivity (Wildman–Crippen MR) is 157 cm³/mol. The van der Waals surface area contributed by atoms with Crippen molar-refractivity contribution in [2.24, 2.45) is 0 Å². The zero-order chi connectivity index (χ0) is 31.3. The predicted octanol–water partition coefficient (Wildman–Crippen LogP) is 4.58. The number of halogens is 3. The van der Waals surface area contributed by atoms with E-state index in [1.807, 2.05) is 9.30 Å². The second-order valence-electron chi connectivity index (χ2n) is 11.3. The summed E-state index contributed by atoms with van der Waals surface area (Å²) in [5.41, 5.74) is 7.65. The van der Waals surface area contributed by atoms with E-state index < -0.39 is 11.7 Å². The molecule has 1 aromatic carbocycles. The highest BCUT2D eigenvalue weighted by Crippen LogP contribution is 2.46. The zero-order valence-corrected chi connectivity index (χ0v) is 24.3. The minimum atomic E-state index is -4.52. The number of nitrogens with two attached hydrogens (primary N) is 1. The van der Waals surface area contributed by atoms with Crippen LogP contribution in [0.2, 0.25) is 0 Å². The van der Waals surface area contributed by atoms with E-state index in [2.05, 4.69) is 40.6 Å². The lowest BCUT2D eigenvalue weighted by Crippen LogP contribution is -2.52. The monoisotopic (exact) mass is 601 g/mol. The molecule has 1 amide bonds. The van der Waals surface area contributed by atoms with Gasteiger partial charge in [-0.2, -0.15) is 13.2 Å². The Morgan fingerprint density at radius 1 is 1.11 bits per heavy atom. The number of anilines is 1. The molecule has 2 aliphatic rings. The molecule has 0 saturated carbocycles. The van der Waals surface area contributed by atoms with E-state index in [0.29, 0.717) is 28.2 Å². The number of imidazole rings is 1. The van der Waals surface area contributed by atoms with Gasteiger partial charge in [-0.25, -0.2) is 9.97 Å². The standard InChI is InChI=1S/C32H30F3N7O2/c1-4-5-26(44)42-23-16-24(41(17-23)18(2)3)28(42)31-39-27(29-30(36)38-12-13-40(29)31)20-8-6-19(7-9-20)25(43)15-22-14-21(10-11-37-22)32(33,34)35/h6-14,18,23-24,28H,15-17H2,1-3H3,(H2,36,38)/t23?,24-,28?/m0/s1. The number of benzene rings is 1. The van der Waals surface area contributed by atoms with Crippen molar-refractivity contribution in [1.29, 1.82) is 0 Å². The first-order chi connectivity index (χ1) is 21.0. The van der Waals surface area contributed by atoms with Gasteiger partial charge in [0.05, 0.1) is 12.0 Å². The van der Waals surface area contributed by atoms with E-state index >= 15 is 0 Å². The minimum absolute atomic E-state index is 0.00680. The third-order valence-corrected chi connectivity index (χ3v) is 8.39. The van der Waals surface area contributed by atoms with Crippen molar-refractivity contribution in [2.45, 2.75) is 64.0 Å². The summed E-state index contributed by atoms with van der Waals surface area (Å²) in [5.74, 6) is 5.73. The molecule has 2 N–H and O–H groups in total. The maximum Gasteiger partial charge on any atom is 0.416 e. The van der Waals surface area contributed by atoms with Crippen LogP contribution in [0.1, 0.15) is 60.7 Å². The van der Waals surface area contributed by atoms with Gasteiger partial charge in [-0.3, -0.25) is 23.9 Å². The highest BCUT2D eigenvalue weighted by atomic mass is 19.4. The molecular formula is C32H30F3N7O2. The Morgan fingerprint density at radius 3 is 2.55 bits per heavy atom. The number of amides is 1. The molecule has 2 fully saturated rings. The summed E-state index contributed by atoms with van der Waals surface area (Å²) in [6.07, 6.45) is 0.420. The first kappa shape index (κ1) is 29.3. The van der Waals surface area contributed by atoms with Crippen LogP contribution in [0, 0.1) is 11.8 Å². The van der Waals surface area contributed by atoms with Crippen LogP contribution in [0.3, 0.4) is 0 Å². The van der Waals surface area contributed by atoms with Gasteiger partial charge in [0.15, 0.2) is 5.78 Å². The number of ketones is 1. The van der Waals surface area contributed by atoms with Crippen molar-refractivity contribution in [2.75, 3.05) is 12.3 Å². The molecule has 3 aromatic heterocycles. The van der Waals surface area contributed by atoms with Crippen molar-refractivity contribution in [3.63, 3.8) is 0 Å². The Kier molecular flexibility index (Phi) is 7.37. The van der Waals surface area contributed by atoms with E-state index in [-0.39, 0.29) is 53.8 Å². The number of pyridine rings is 1. The Balaban J connectivity index is 1.36. The molecule has 0 aliphatic carbocycles. The third-order valence-electron chi connectivity index (χ3n) is 8.39. The SMILES string of the molecule is CC#CC(=O)N1C2C[C@@H](C1c1nc(-c3ccc(C(=O)Cc4cc(C(F)(F)F)ccn4)cc3)c3c(N)nccn13)N(C(C)C)C2. The Bertz CT molecular complexity index is 1820. The van der Waals surface area contributed by atoms with Gasteiger partial charge in [0, 0.05) is 60.1 Å². The molecule has 2 aliphatic heterocycles. The summed E-state index contributed by atoms with van der Waals surface area (Å²) in [6, 6.07) is 8.36. The number of hydrogen-bond acceptors (Lipinski definition) is 7. The van der Waals surface area contributed by atoms with Gasteiger partial charge >= 0.3 is 6.18 Å². The van der Waals surface area contributed by atoms with Crippen LogP contribution in [-0.4, -0.2) is 65.5 Å². The van der Waals surface area contributed by atoms with Crippen molar-refractivity contribution in [1.82, 2.24) is 29.2 Å². The minimum Gasteiger partial charge on any atom is -0.382 e. The van der Waals surface area contributed by atoms with Crippen LogP contribution in [0.15, 0.2) is 55.0 Å². The topological polar surface area (TPSA) is 110 Å². The molecule has 12 heteroatoms. The average molecular weight is 602 g/mol. The molecule has 2 unspecified atom stereocenters. The fourth-order valence-electron chi connectivity index (χ4n) is 6.47. The summed E-state index contributed by atoms with van der Waals surface area (Å²) < 4.78 is 41.2. The molecular weight excluding hydrogens is 571 g/mol. The van der Waals surface area contributed by atoms with E-state index in [9.17, 15) is 22.8 Å². The van der Waals surface area contributed by atoms with Crippen molar-refractivity contribution >= 4 is 23.0 Å². The normalized spacial score (nSPS) is 19.9. The van der Waals surface area contributed by atoms with Gasteiger partial charge in [-0.15, -0.1) is 0 Å². The summed E-state index contributed by atoms with van der Waals surface area (Å²) in [7, 11) is 0. The fourth-order valence-corrected chi connectivity index (χ4v) is 6.47. The summed E-state index contributed by atoms with van der Waals surface area (Å²) in [6.45, 7) is 6.68. The number of likely N-dealkylation sites (tertiary alicyclic amines) is 2. The molecule has 4 aromatic rings. The zero-order valence-electron chi connectivity index (χ0n) is 24.3. The maximum atomic E-state index is 13.2. The number of nitrogens with zero attached hydrogens (tertiary/aromatic N) is 6. The number of Topliss-reactive ketones (excluding diaryl/α,β-unsaturated/α-hetero) is 1. The molecule has 5 heterocycles. The van der Waals surface area contributed by atoms with Crippen molar-refractivity contribution in [3.8, 4) is 23.1 Å². The van der Waals surface area contributed by atoms with Gasteiger partial charge < -0.3 is 10.6 Å². The van der Waals surface area contributed by atoms with Crippen LogP contribution in [0.25, 0.3) is 16.8 Å². The summed E-state index contributed by atoms with van der Waals surface area (Å²) in [4.78, 5) is 43.7. The highest BCUT2D eigenvalue weighted by Gasteiger charge is 2.54. The number of hydrogen-bond donors (Lipinski definition) is 1. The van der Waals surface area contributed by atoms with E-state index in [0.717, 1.165) is 31.3 Å². The van der Waals surface area contributed by atoms with Gasteiger partial charge in [-0.1, -0.05) is 30.2 Å². The van der Waals surface area contributed by atoms with Gasteiger partial charge in [-0.05, 0) is 45.2 Å². The number of piperazine rings is 1. The van der Waals surface area contributed by atoms with Crippen LogP contribution < -0.4 is 5.73 Å². The highest BCUT2D eigenvalue weighted by molar-refractivity contribution is 5.98. The summed E-state index contributed by atoms with van der Waals surface area (Å²) >= 11 is 0. The molecule has 2 saturated heterocycles. The molecule has 3 atom stereocenters. The lowest BCUT2D eigenvalue weighted by molar-refractivity contribution is -0.137. The van der Waals surface area contributed by atoms with Crippen LogP contribution in [-0.2, 0) is 17.4 Å². The quantitative estimate of drug-likeness (QED) is 0.255. The number of nitrogen functional groups attached to an aromatic ring is 1. The second kappa shape index (κ2) is 11.1. The Hall–Kier alpha value is -4.76. The van der Waals surface area contributed by atoms with Gasteiger partial charge in [0.1, 0.15) is 28.9 Å². The lowest BCUT2D eigenvalue weighted by atomic mass is 10.0. The molecule has 9 nitrogen and oxygen atoms in total. The smallest absolute Gasteiger partial charge is 0.382 e. The number of carbonyl (C=O) groups excluding carboxylic acids is 2. The molecule has 2 bridgehead atoms. The number of fused-ring (bicyclic) bond motifs is 3. The number of aromatic nitrogens is 4. The van der Waals surface area contributed by atoms with Gasteiger partial charge in [0.25, 0.3) is 5.91 Å². The maximum absolute atomic E-state index is 13.2. The molecule has 44 heavy (non-hydrogen) atoms. The van der Waals surface area contributed by atoms with Gasteiger partial charge in [0.2, 0.25) is 0 Å². The van der Waals surface area contributed by atoms with Crippen LogP contribution in [0.5, 0.6) is 0 Å². The number of carbonyl (C=O) groups is 2. The van der Waals surface area contributed by atoms with Crippen LogP contribution in [0.4, 0.5) is 19.0 Å². The molecule has 6 rings (SSSR count). The largest absolute Gasteiger partial charge is 0.416 e. The Morgan fingerprint density at radius 2 is 1.86 bits per heavy atom. The molecule has 0 spiro atoms. The third kappa shape index (κ3) is 5.07. The van der Waals surface area contributed by atoms with Crippen molar-refractivity contribution in [3.05, 3.63) is 77.6 Å². The van der Waals surface area contributed by atoms with E-state index in [1.54, 1.807) is 43.6 Å². The lowest BCUT2D eigenvalue weighted by Gasteiger charge is -2.41. The molecule has 0 radical (unpaired) electrons.